The van der Waals surface area contributed by atoms with Crippen molar-refractivity contribution >= 4 is 5.90 Å². The highest BCUT2D eigenvalue weighted by Gasteiger charge is 2.53. The molecule has 48 heavy (non-hydrogen) atoms. The summed E-state index contributed by atoms with van der Waals surface area (Å²) in [7, 11) is 0. The quantitative estimate of drug-likeness (QED) is 0.0394. The van der Waals surface area contributed by atoms with Gasteiger partial charge >= 0.3 is 0 Å². The third-order valence-electron chi connectivity index (χ3n) is 7.31. The number of rotatable bonds is 25. The molecule has 4 N–H and O–H groups in total. The van der Waals surface area contributed by atoms with Crippen LogP contribution in [-0.4, -0.2) is 180 Å². The molecule has 274 valence electrons. The fraction of sp³-hybridized carbons (Fsp3) is 0.963. The van der Waals surface area contributed by atoms with Crippen LogP contribution in [0.15, 0.2) is 15.2 Å². The Morgan fingerprint density at radius 3 is 2.00 bits per heavy atom. The van der Waals surface area contributed by atoms with Crippen LogP contribution < -0.4 is 0 Å². The van der Waals surface area contributed by atoms with E-state index in [2.05, 4.69) is 25.0 Å². The first kappa shape index (κ1) is 40.0. The molecule has 0 bridgehead atoms. The van der Waals surface area contributed by atoms with Gasteiger partial charge in [0.25, 0.3) is 0 Å². The number of aliphatic hydroxyl groups excluding tert-OH is 4. The van der Waals surface area contributed by atoms with Gasteiger partial charge in [-0.3, -0.25) is 0 Å². The molecule has 0 aromatic rings. The van der Waals surface area contributed by atoms with E-state index in [1.807, 2.05) is 0 Å². The number of nitrogens with zero attached hydrogens (tertiary/aromatic N) is 7. The van der Waals surface area contributed by atoms with E-state index >= 15 is 0 Å². The summed E-state index contributed by atoms with van der Waals surface area (Å²) in [5.74, 6) is 0.311. The van der Waals surface area contributed by atoms with Crippen LogP contribution in [0, 0.1) is 0 Å². The monoisotopic (exact) mass is 693 g/mol. The Balaban J connectivity index is 1.50. The molecule has 0 radical (unpaired) electrons. The first-order valence-corrected chi connectivity index (χ1v) is 15.8. The molecule has 0 aliphatic carbocycles. The Morgan fingerprint density at radius 2 is 1.33 bits per heavy atom. The van der Waals surface area contributed by atoms with Crippen molar-refractivity contribution in [3.63, 3.8) is 0 Å². The molecule has 2 fully saturated rings. The van der Waals surface area contributed by atoms with Crippen LogP contribution in [0.5, 0.6) is 0 Å². The highest BCUT2D eigenvalue weighted by Crippen LogP contribution is 2.33. The zero-order valence-electron chi connectivity index (χ0n) is 26.9. The molecule has 21 nitrogen and oxygen atoms in total. The van der Waals surface area contributed by atoms with Gasteiger partial charge in [-0.1, -0.05) is 10.2 Å². The van der Waals surface area contributed by atoms with E-state index in [9.17, 15) is 20.4 Å². The van der Waals surface area contributed by atoms with Crippen molar-refractivity contribution in [1.82, 2.24) is 0 Å². The molecule has 0 unspecified atom stereocenters. The molecule has 0 amide bonds. The molecule has 3 rings (SSSR count). The molecular formula is C27H47N7O14. The standard InChI is InChI=1S/C27H47N7O14/c1-17-32-20-22(37)24(18(15-35)46-26(20)45-17)48-27-23(38)25(44-14-13-42-10-9-41-8-4-31-34-29)21(36)19(47-27)16-43-12-11-40-6-2-5-39-7-3-30-33-28/h18-27,35-38H,2-16H2,1H3/t18-,19-,20-,21-,22-,23+,24-,25+,26+,27+/m1/s1. The van der Waals surface area contributed by atoms with Gasteiger partial charge in [0, 0.05) is 43.1 Å². The van der Waals surface area contributed by atoms with Gasteiger partial charge in [0.15, 0.2) is 12.2 Å². The summed E-state index contributed by atoms with van der Waals surface area (Å²) in [4.78, 5) is 9.53. The van der Waals surface area contributed by atoms with Crippen molar-refractivity contribution in [2.75, 3.05) is 92.4 Å². The normalized spacial score (nSPS) is 31.3. The molecule has 3 aliphatic heterocycles. The maximum atomic E-state index is 11.2. The minimum Gasteiger partial charge on any atom is -0.450 e. The van der Waals surface area contributed by atoms with Crippen LogP contribution in [0.3, 0.4) is 0 Å². The maximum Gasteiger partial charge on any atom is 0.227 e. The van der Waals surface area contributed by atoms with Gasteiger partial charge in [-0.15, -0.1) is 0 Å². The Hall–Kier alpha value is -2.43. The van der Waals surface area contributed by atoms with E-state index in [0.29, 0.717) is 32.1 Å². The van der Waals surface area contributed by atoms with Gasteiger partial charge < -0.3 is 67.8 Å². The zero-order chi connectivity index (χ0) is 34.6. The molecule has 0 aromatic heterocycles. The highest BCUT2D eigenvalue weighted by atomic mass is 16.7. The fourth-order valence-corrected chi connectivity index (χ4v) is 5.02. The number of azide groups is 2. The lowest BCUT2D eigenvalue weighted by atomic mass is 9.96. The van der Waals surface area contributed by atoms with E-state index < -0.39 is 68.0 Å². The Labute approximate surface area is 277 Å². The van der Waals surface area contributed by atoms with Crippen LogP contribution in [0.1, 0.15) is 13.3 Å². The fourth-order valence-electron chi connectivity index (χ4n) is 5.02. The Kier molecular flexibility index (Phi) is 19.2. The van der Waals surface area contributed by atoms with E-state index in [4.69, 9.17) is 58.4 Å². The maximum absolute atomic E-state index is 11.2. The molecule has 0 spiro atoms. The topological polar surface area (TPSA) is 283 Å². The predicted molar refractivity (Wildman–Crippen MR) is 162 cm³/mol. The molecule has 21 heteroatoms. The molecular weight excluding hydrogens is 646 g/mol. The second-order valence-electron chi connectivity index (χ2n) is 10.7. The van der Waals surface area contributed by atoms with Crippen LogP contribution >= 0.6 is 0 Å². The lowest BCUT2D eigenvalue weighted by molar-refractivity contribution is -0.346. The van der Waals surface area contributed by atoms with Crippen molar-refractivity contribution < 1.29 is 67.8 Å². The summed E-state index contributed by atoms with van der Waals surface area (Å²) in [6, 6.07) is -0.820. The third kappa shape index (κ3) is 13.1. The summed E-state index contributed by atoms with van der Waals surface area (Å²) in [6.45, 7) is 3.95. The van der Waals surface area contributed by atoms with Crippen LogP contribution in [0.25, 0.3) is 20.9 Å². The Morgan fingerprint density at radius 1 is 0.729 bits per heavy atom. The van der Waals surface area contributed by atoms with Crippen LogP contribution in [-0.2, 0) is 47.4 Å². The predicted octanol–water partition coefficient (Wildman–Crippen LogP) is -0.807. The first-order chi connectivity index (χ1) is 23.4. The van der Waals surface area contributed by atoms with Gasteiger partial charge in [0.1, 0.15) is 48.8 Å². The molecule has 2 saturated heterocycles. The zero-order valence-corrected chi connectivity index (χ0v) is 26.9. The molecule has 10 atom stereocenters. The number of ether oxygens (including phenoxy) is 10. The molecule has 3 heterocycles. The number of hydrogen-bond donors (Lipinski definition) is 4. The molecule has 3 aliphatic rings. The van der Waals surface area contributed by atoms with Crippen molar-refractivity contribution in [1.29, 1.82) is 0 Å². The van der Waals surface area contributed by atoms with Crippen molar-refractivity contribution in [3.8, 4) is 0 Å². The summed E-state index contributed by atoms with van der Waals surface area (Å²) >= 11 is 0. The summed E-state index contributed by atoms with van der Waals surface area (Å²) < 4.78 is 56.2. The van der Waals surface area contributed by atoms with E-state index in [1.54, 1.807) is 6.92 Å². The van der Waals surface area contributed by atoms with E-state index in [-0.39, 0.29) is 65.9 Å². The minimum absolute atomic E-state index is 0.00951. The van der Waals surface area contributed by atoms with Crippen LogP contribution in [0.2, 0.25) is 0 Å². The molecule has 0 saturated carbocycles. The number of aliphatic imine (C=N–C) groups is 1. The van der Waals surface area contributed by atoms with E-state index in [1.165, 1.54) is 0 Å². The molecule has 0 aromatic carbocycles. The smallest absolute Gasteiger partial charge is 0.227 e. The van der Waals surface area contributed by atoms with Gasteiger partial charge in [-0.2, -0.15) is 0 Å². The van der Waals surface area contributed by atoms with E-state index in [0.717, 1.165) is 0 Å². The van der Waals surface area contributed by atoms with Crippen molar-refractivity contribution in [2.24, 2.45) is 15.2 Å². The Bertz CT molecular complexity index is 1040. The lowest BCUT2D eigenvalue weighted by Gasteiger charge is -2.46. The number of aliphatic hydroxyl groups is 4. The second kappa shape index (κ2) is 23.1. The first-order valence-electron chi connectivity index (χ1n) is 15.8. The van der Waals surface area contributed by atoms with Crippen LogP contribution in [0.4, 0.5) is 0 Å². The van der Waals surface area contributed by atoms with Gasteiger partial charge in [0.05, 0.1) is 66.1 Å². The van der Waals surface area contributed by atoms with Crippen molar-refractivity contribution in [2.45, 2.75) is 74.7 Å². The average molecular weight is 694 g/mol. The van der Waals surface area contributed by atoms with Gasteiger partial charge in [-0.05, 0) is 17.5 Å². The number of fused-ring (bicyclic) bond motifs is 1. The second-order valence-corrected chi connectivity index (χ2v) is 10.7. The summed E-state index contributed by atoms with van der Waals surface area (Å²) in [5.41, 5.74) is 16.5. The SMILES string of the molecule is CC1=N[C@H]2[C@@H](O1)O[C@H](CO)[C@@H](O[C@@H]1O[C@H](COCCOCCCOCCN=[N+]=[N-])[C@@H](O)[C@H](OCCOCCOCCN=[N+]=[N-])[C@@H]1O)[C@@H]2O. The lowest BCUT2D eigenvalue weighted by Crippen LogP contribution is -2.64. The van der Waals surface area contributed by atoms with Crippen molar-refractivity contribution in [3.05, 3.63) is 20.9 Å². The minimum atomic E-state index is -1.52. The third-order valence-corrected chi connectivity index (χ3v) is 7.31. The summed E-state index contributed by atoms with van der Waals surface area (Å²) in [6.07, 6.45) is -10.2. The summed E-state index contributed by atoms with van der Waals surface area (Å²) in [5, 5.41) is 50.0. The largest absolute Gasteiger partial charge is 0.450 e. The van der Waals surface area contributed by atoms with Gasteiger partial charge in [0.2, 0.25) is 6.29 Å². The number of hydrogen-bond acceptors (Lipinski definition) is 17. The highest BCUT2D eigenvalue weighted by molar-refractivity contribution is 5.75. The average Bonchev–Trinajstić information content (AvgIpc) is 3.46. The van der Waals surface area contributed by atoms with Gasteiger partial charge in [-0.25, -0.2) is 4.99 Å².